The molecule has 0 aliphatic carbocycles. The van der Waals surface area contributed by atoms with Crippen LogP contribution in [0.4, 0.5) is 5.69 Å². The highest BCUT2D eigenvalue weighted by Gasteiger charge is 2.14. The SMILES string of the molecule is C=CCC(=O)Nc1c(Cl)cccc1C(=O)O. The van der Waals surface area contributed by atoms with Crippen LogP contribution in [0.3, 0.4) is 0 Å². The van der Waals surface area contributed by atoms with E-state index in [0.717, 1.165) is 0 Å². The zero-order chi connectivity index (χ0) is 12.1. The first-order valence-electron chi connectivity index (χ1n) is 4.48. The molecule has 0 atom stereocenters. The van der Waals surface area contributed by atoms with Gasteiger partial charge in [-0.3, -0.25) is 4.79 Å². The van der Waals surface area contributed by atoms with Crippen molar-refractivity contribution < 1.29 is 14.7 Å². The van der Waals surface area contributed by atoms with Crippen LogP contribution in [0.1, 0.15) is 16.8 Å². The summed E-state index contributed by atoms with van der Waals surface area (Å²) >= 11 is 5.81. The number of aromatic carboxylic acids is 1. The van der Waals surface area contributed by atoms with Crippen LogP contribution in [0.5, 0.6) is 0 Å². The molecular formula is C11H10ClNO3. The largest absolute Gasteiger partial charge is 0.478 e. The molecule has 0 aliphatic heterocycles. The van der Waals surface area contributed by atoms with Crippen LogP contribution in [-0.4, -0.2) is 17.0 Å². The van der Waals surface area contributed by atoms with E-state index in [4.69, 9.17) is 16.7 Å². The fraction of sp³-hybridized carbons (Fsp3) is 0.0909. The summed E-state index contributed by atoms with van der Waals surface area (Å²) in [6, 6.07) is 4.39. The molecule has 0 spiro atoms. The average Bonchev–Trinajstić information content (AvgIpc) is 2.21. The van der Waals surface area contributed by atoms with Crippen molar-refractivity contribution in [3.8, 4) is 0 Å². The lowest BCUT2D eigenvalue weighted by Gasteiger charge is -2.09. The number of halogens is 1. The minimum absolute atomic E-state index is 0.0371. The Morgan fingerprint density at radius 2 is 2.19 bits per heavy atom. The third-order valence-electron chi connectivity index (χ3n) is 1.84. The summed E-state index contributed by atoms with van der Waals surface area (Å²) in [6.07, 6.45) is 1.52. The van der Waals surface area contributed by atoms with Crippen LogP contribution in [0.15, 0.2) is 30.9 Å². The fourth-order valence-corrected chi connectivity index (χ4v) is 1.37. The molecule has 5 heteroatoms. The van der Waals surface area contributed by atoms with E-state index in [-0.39, 0.29) is 28.6 Å². The number of benzene rings is 1. The van der Waals surface area contributed by atoms with E-state index in [1.165, 1.54) is 24.3 Å². The number of anilines is 1. The molecule has 0 aromatic heterocycles. The number of para-hydroxylation sites is 1. The summed E-state index contributed by atoms with van der Waals surface area (Å²) in [4.78, 5) is 22.2. The summed E-state index contributed by atoms with van der Waals surface area (Å²) < 4.78 is 0. The Kier molecular flexibility index (Phi) is 4.08. The van der Waals surface area contributed by atoms with E-state index >= 15 is 0 Å². The van der Waals surface area contributed by atoms with Gasteiger partial charge in [0.2, 0.25) is 5.91 Å². The number of amides is 1. The first kappa shape index (κ1) is 12.3. The van der Waals surface area contributed by atoms with Crippen molar-refractivity contribution in [2.45, 2.75) is 6.42 Å². The molecule has 0 fully saturated rings. The number of rotatable bonds is 4. The van der Waals surface area contributed by atoms with Gasteiger partial charge in [0.15, 0.2) is 0 Å². The van der Waals surface area contributed by atoms with Gasteiger partial charge in [0, 0.05) is 6.42 Å². The van der Waals surface area contributed by atoms with Crippen LogP contribution < -0.4 is 5.32 Å². The van der Waals surface area contributed by atoms with Gasteiger partial charge in [0.1, 0.15) is 0 Å². The van der Waals surface area contributed by atoms with Gasteiger partial charge in [-0.15, -0.1) is 6.58 Å². The van der Waals surface area contributed by atoms with E-state index in [9.17, 15) is 9.59 Å². The average molecular weight is 240 g/mol. The molecule has 1 aromatic carbocycles. The van der Waals surface area contributed by atoms with Crippen LogP contribution in [-0.2, 0) is 4.79 Å². The maximum atomic E-state index is 11.3. The van der Waals surface area contributed by atoms with Gasteiger partial charge in [-0.2, -0.15) is 0 Å². The van der Waals surface area contributed by atoms with Crippen molar-refractivity contribution in [3.63, 3.8) is 0 Å². The van der Waals surface area contributed by atoms with E-state index in [1.54, 1.807) is 0 Å². The molecule has 1 aromatic rings. The molecule has 84 valence electrons. The molecule has 1 amide bonds. The Morgan fingerprint density at radius 1 is 1.50 bits per heavy atom. The first-order valence-corrected chi connectivity index (χ1v) is 4.86. The molecule has 0 radical (unpaired) electrons. The molecule has 0 heterocycles. The van der Waals surface area contributed by atoms with Crippen molar-refractivity contribution in [3.05, 3.63) is 41.4 Å². The molecule has 2 N–H and O–H groups in total. The van der Waals surface area contributed by atoms with E-state index in [0.29, 0.717) is 0 Å². The Hall–Kier alpha value is -1.81. The number of nitrogens with one attached hydrogen (secondary N) is 1. The lowest BCUT2D eigenvalue weighted by atomic mass is 10.1. The van der Waals surface area contributed by atoms with Gasteiger partial charge in [-0.25, -0.2) is 4.79 Å². The molecule has 16 heavy (non-hydrogen) atoms. The van der Waals surface area contributed by atoms with Crippen LogP contribution >= 0.6 is 11.6 Å². The molecule has 0 saturated heterocycles. The second kappa shape index (κ2) is 5.32. The van der Waals surface area contributed by atoms with Crippen molar-refractivity contribution in [2.75, 3.05) is 5.32 Å². The second-order valence-corrected chi connectivity index (χ2v) is 3.42. The predicted molar refractivity (Wildman–Crippen MR) is 61.9 cm³/mol. The zero-order valence-electron chi connectivity index (χ0n) is 8.37. The molecule has 4 nitrogen and oxygen atoms in total. The maximum Gasteiger partial charge on any atom is 0.337 e. The van der Waals surface area contributed by atoms with Crippen molar-refractivity contribution in [1.29, 1.82) is 0 Å². The number of hydrogen-bond donors (Lipinski definition) is 2. The van der Waals surface area contributed by atoms with Gasteiger partial charge in [0.25, 0.3) is 0 Å². The second-order valence-electron chi connectivity index (χ2n) is 3.01. The molecule has 1 rings (SSSR count). The summed E-state index contributed by atoms with van der Waals surface area (Å²) in [5, 5.41) is 11.5. The first-order chi connectivity index (χ1) is 7.56. The fourth-order valence-electron chi connectivity index (χ4n) is 1.15. The minimum atomic E-state index is -1.14. The Morgan fingerprint density at radius 3 is 2.75 bits per heavy atom. The molecule has 0 saturated carbocycles. The van der Waals surface area contributed by atoms with Crippen molar-refractivity contribution in [2.24, 2.45) is 0 Å². The Balaban J connectivity index is 3.06. The third-order valence-corrected chi connectivity index (χ3v) is 2.15. The lowest BCUT2D eigenvalue weighted by Crippen LogP contribution is -2.13. The van der Waals surface area contributed by atoms with E-state index in [2.05, 4.69) is 11.9 Å². The van der Waals surface area contributed by atoms with Crippen LogP contribution in [0.2, 0.25) is 5.02 Å². The Bertz CT molecular complexity index is 443. The number of carboxylic acid groups (broad SMARTS) is 1. The van der Waals surface area contributed by atoms with Gasteiger partial charge < -0.3 is 10.4 Å². The molecule has 0 unspecified atom stereocenters. The van der Waals surface area contributed by atoms with Gasteiger partial charge >= 0.3 is 5.97 Å². The lowest BCUT2D eigenvalue weighted by molar-refractivity contribution is -0.115. The van der Waals surface area contributed by atoms with Gasteiger partial charge in [-0.1, -0.05) is 23.7 Å². The predicted octanol–water partition coefficient (Wildman–Crippen LogP) is 2.55. The summed E-state index contributed by atoms with van der Waals surface area (Å²) in [7, 11) is 0. The smallest absolute Gasteiger partial charge is 0.337 e. The maximum absolute atomic E-state index is 11.3. The van der Waals surface area contributed by atoms with Gasteiger partial charge in [-0.05, 0) is 12.1 Å². The highest BCUT2D eigenvalue weighted by atomic mass is 35.5. The molecule has 0 bridgehead atoms. The highest BCUT2D eigenvalue weighted by molar-refractivity contribution is 6.34. The quantitative estimate of drug-likeness (QED) is 0.794. The highest BCUT2D eigenvalue weighted by Crippen LogP contribution is 2.26. The number of hydrogen-bond acceptors (Lipinski definition) is 2. The summed E-state index contributed by atoms with van der Waals surface area (Å²) in [5.41, 5.74) is 0.0772. The monoisotopic (exact) mass is 239 g/mol. The normalized spacial score (nSPS) is 9.56. The van der Waals surface area contributed by atoms with Crippen molar-refractivity contribution in [1.82, 2.24) is 0 Å². The zero-order valence-corrected chi connectivity index (χ0v) is 9.12. The summed E-state index contributed by atoms with van der Waals surface area (Å²) in [5.74, 6) is -1.50. The minimum Gasteiger partial charge on any atom is -0.478 e. The number of carboxylic acids is 1. The Labute approximate surface area is 97.5 Å². The number of carbonyl (C=O) groups excluding carboxylic acids is 1. The molecular weight excluding hydrogens is 230 g/mol. The van der Waals surface area contributed by atoms with Crippen molar-refractivity contribution >= 4 is 29.2 Å². The standard InChI is InChI=1S/C11H10ClNO3/c1-2-4-9(14)13-10-7(11(15)16)5-3-6-8(10)12/h2-3,5-6H,1,4H2,(H,13,14)(H,15,16). The third kappa shape index (κ3) is 2.84. The summed E-state index contributed by atoms with van der Waals surface area (Å²) in [6.45, 7) is 3.41. The van der Waals surface area contributed by atoms with E-state index in [1.807, 2.05) is 0 Å². The van der Waals surface area contributed by atoms with Gasteiger partial charge in [0.05, 0.1) is 16.3 Å². The topological polar surface area (TPSA) is 66.4 Å². The molecule has 0 aliphatic rings. The number of carbonyl (C=O) groups is 2. The van der Waals surface area contributed by atoms with Crippen LogP contribution in [0.25, 0.3) is 0 Å². The van der Waals surface area contributed by atoms with E-state index < -0.39 is 5.97 Å². The van der Waals surface area contributed by atoms with Crippen LogP contribution in [0, 0.1) is 0 Å².